The topological polar surface area (TPSA) is 35.6 Å². The fourth-order valence-electron chi connectivity index (χ4n) is 8.83. The quantitative estimate of drug-likeness (QED) is 0.189. The van der Waals surface area contributed by atoms with Crippen molar-refractivity contribution in [1.29, 1.82) is 0 Å². The van der Waals surface area contributed by atoms with E-state index in [1.807, 2.05) is 6.20 Å². The molecule has 1 aliphatic carbocycles. The fraction of sp³-hybridized carbons (Fsp3) is 0. The van der Waals surface area contributed by atoms with Gasteiger partial charge in [0, 0.05) is 55.3 Å². The van der Waals surface area contributed by atoms with Crippen molar-refractivity contribution in [3.05, 3.63) is 170 Å². The molecule has 0 amide bonds. The van der Waals surface area contributed by atoms with Crippen LogP contribution >= 0.6 is 0 Å². The van der Waals surface area contributed by atoms with Crippen LogP contribution in [0.2, 0.25) is 0 Å². The number of para-hydroxylation sites is 2. The summed E-state index contributed by atoms with van der Waals surface area (Å²) in [6.07, 6.45) is 1.89. The summed E-state index contributed by atoms with van der Waals surface area (Å²) in [6, 6.07) is 59.3. The Hall–Kier alpha value is -7.04. The van der Waals surface area contributed by atoms with Crippen molar-refractivity contribution in [2.75, 3.05) is 0 Å². The molecule has 4 aromatic heterocycles. The lowest BCUT2D eigenvalue weighted by molar-refractivity contribution is 1.09. The van der Waals surface area contributed by atoms with Gasteiger partial charge in [-0.25, -0.2) is 4.98 Å². The van der Waals surface area contributed by atoms with Gasteiger partial charge < -0.3 is 4.57 Å². The third-order valence-corrected chi connectivity index (χ3v) is 11.1. The second-order valence-electron chi connectivity index (χ2n) is 13.8. The molecule has 1 aliphatic rings. The van der Waals surface area contributed by atoms with Crippen LogP contribution in [0.3, 0.4) is 0 Å². The Balaban J connectivity index is 1.06. The van der Waals surface area contributed by atoms with Gasteiger partial charge in [0.1, 0.15) is 5.82 Å². The van der Waals surface area contributed by atoms with E-state index < -0.39 is 0 Å². The Morgan fingerprint density at radius 2 is 1.15 bits per heavy atom. The molecular formula is C48H28N4. The first-order chi connectivity index (χ1) is 25.8. The Labute approximate surface area is 298 Å². The molecule has 0 fully saturated rings. The third-order valence-electron chi connectivity index (χ3n) is 11.1. The van der Waals surface area contributed by atoms with Gasteiger partial charge in [0.05, 0.1) is 33.3 Å². The van der Waals surface area contributed by atoms with Crippen molar-refractivity contribution in [2.45, 2.75) is 0 Å². The minimum Gasteiger partial charge on any atom is -0.309 e. The van der Waals surface area contributed by atoms with E-state index in [0.29, 0.717) is 0 Å². The average Bonchev–Trinajstić information content (AvgIpc) is 3.84. The molecule has 0 aliphatic heterocycles. The van der Waals surface area contributed by atoms with Crippen LogP contribution in [-0.4, -0.2) is 19.1 Å². The van der Waals surface area contributed by atoms with E-state index in [2.05, 4.69) is 178 Å². The molecule has 0 unspecified atom stereocenters. The van der Waals surface area contributed by atoms with E-state index in [0.717, 1.165) is 39.2 Å². The highest BCUT2D eigenvalue weighted by Gasteiger charge is 2.24. The Morgan fingerprint density at radius 3 is 2.02 bits per heavy atom. The number of pyridine rings is 2. The zero-order valence-electron chi connectivity index (χ0n) is 28.0. The third kappa shape index (κ3) is 3.70. The van der Waals surface area contributed by atoms with Gasteiger partial charge in [0.15, 0.2) is 0 Å². The summed E-state index contributed by atoms with van der Waals surface area (Å²) in [5.74, 6) is 0.915. The Bertz CT molecular complexity index is 3290. The van der Waals surface area contributed by atoms with Crippen molar-refractivity contribution >= 4 is 65.3 Å². The minimum absolute atomic E-state index is 0.915. The van der Waals surface area contributed by atoms with Crippen LogP contribution in [0.4, 0.5) is 0 Å². The zero-order chi connectivity index (χ0) is 33.9. The number of hydrogen-bond donors (Lipinski definition) is 0. The molecule has 0 spiro atoms. The molecule has 4 heteroatoms. The van der Waals surface area contributed by atoms with Crippen molar-refractivity contribution in [1.82, 2.24) is 19.1 Å². The lowest BCUT2D eigenvalue weighted by Gasteiger charge is -2.10. The second-order valence-corrected chi connectivity index (χ2v) is 13.8. The van der Waals surface area contributed by atoms with Crippen molar-refractivity contribution < 1.29 is 0 Å². The van der Waals surface area contributed by atoms with Crippen molar-refractivity contribution in [2.24, 2.45) is 0 Å². The molecule has 0 atom stereocenters. The summed E-state index contributed by atoms with van der Waals surface area (Å²) in [5, 5.41) is 8.62. The molecule has 4 nitrogen and oxygen atoms in total. The molecule has 7 aromatic carbocycles. The van der Waals surface area contributed by atoms with Crippen LogP contribution in [0, 0.1) is 0 Å². The summed E-state index contributed by atoms with van der Waals surface area (Å²) >= 11 is 0. The molecule has 4 heterocycles. The second kappa shape index (κ2) is 10.3. The molecule has 52 heavy (non-hydrogen) atoms. The van der Waals surface area contributed by atoms with Gasteiger partial charge in [0.25, 0.3) is 0 Å². The van der Waals surface area contributed by atoms with Crippen LogP contribution in [0.25, 0.3) is 110 Å². The zero-order valence-corrected chi connectivity index (χ0v) is 28.0. The van der Waals surface area contributed by atoms with Crippen LogP contribution in [0.15, 0.2) is 170 Å². The molecule has 0 bridgehead atoms. The van der Waals surface area contributed by atoms with E-state index in [-0.39, 0.29) is 0 Å². The predicted molar refractivity (Wildman–Crippen MR) is 216 cm³/mol. The molecule has 11 aromatic rings. The number of fused-ring (bicyclic) bond motifs is 11. The maximum absolute atomic E-state index is 5.36. The van der Waals surface area contributed by atoms with Crippen LogP contribution in [0.1, 0.15) is 0 Å². The van der Waals surface area contributed by atoms with Gasteiger partial charge in [-0.05, 0) is 88.8 Å². The fourth-order valence-corrected chi connectivity index (χ4v) is 8.83. The lowest BCUT2D eigenvalue weighted by atomic mass is 10.00. The van der Waals surface area contributed by atoms with Gasteiger partial charge in [-0.2, -0.15) is 0 Å². The average molecular weight is 661 g/mol. The number of aromatic nitrogens is 4. The number of nitrogens with zero attached hydrogens (tertiary/aromatic N) is 4. The molecule has 0 radical (unpaired) electrons. The van der Waals surface area contributed by atoms with Crippen molar-refractivity contribution in [3.8, 4) is 45.0 Å². The smallest absolute Gasteiger partial charge is 0.138 e. The van der Waals surface area contributed by atoms with Gasteiger partial charge in [-0.3, -0.25) is 9.55 Å². The van der Waals surface area contributed by atoms with Crippen LogP contribution in [0.5, 0.6) is 0 Å². The van der Waals surface area contributed by atoms with E-state index in [1.54, 1.807) is 0 Å². The normalized spacial score (nSPS) is 12.2. The number of benzene rings is 7. The summed E-state index contributed by atoms with van der Waals surface area (Å²) in [7, 11) is 0. The van der Waals surface area contributed by atoms with E-state index in [4.69, 9.17) is 4.98 Å². The summed E-state index contributed by atoms with van der Waals surface area (Å²) in [5.41, 5.74) is 13.8. The van der Waals surface area contributed by atoms with E-state index >= 15 is 0 Å². The molecule has 240 valence electrons. The van der Waals surface area contributed by atoms with Gasteiger partial charge in [-0.1, -0.05) is 97.1 Å². The summed E-state index contributed by atoms with van der Waals surface area (Å²) in [4.78, 5) is 10.00. The highest BCUT2D eigenvalue weighted by molar-refractivity contribution is 6.19. The monoisotopic (exact) mass is 660 g/mol. The maximum atomic E-state index is 5.36. The first-order valence-corrected chi connectivity index (χ1v) is 17.7. The minimum atomic E-state index is 0.915. The Kier molecular flexibility index (Phi) is 5.47. The van der Waals surface area contributed by atoms with Crippen LogP contribution < -0.4 is 0 Å². The SMILES string of the molecule is c1ccc(-n2c3ccc(-c4ccc5c(c4)c4ccccc4n5-c4ccc5c(n4)-c4ccnc6cccc-5c46)cc3c3ccc4ccccc4c32)cc1. The summed E-state index contributed by atoms with van der Waals surface area (Å²) < 4.78 is 4.74. The van der Waals surface area contributed by atoms with Gasteiger partial charge in [0.2, 0.25) is 0 Å². The van der Waals surface area contributed by atoms with E-state index in [9.17, 15) is 0 Å². The highest BCUT2D eigenvalue weighted by Crippen LogP contribution is 2.46. The standard InChI is InChI=1S/C48H28N4/c1-2-10-32(11-3-1)51-43-22-18-31(28-40(43)37-20-17-29-9-4-5-12-33(29)48(37)51)30-19-23-44-39(27-30)34-13-6-7-16-42(34)52(44)45-24-21-36-35-14-8-15-41-46(35)38(25-26-49-41)47(36)50-45/h1-28H. The van der Waals surface area contributed by atoms with Crippen molar-refractivity contribution in [3.63, 3.8) is 0 Å². The maximum Gasteiger partial charge on any atom is 0.138 e. The molecule has 0 N–H and O–H groups in total. The largest absolute Gasteiger partial charge is 0.309 e. The molecule has 0 saturated heterocycles. The van der Waals surface area contributed by atoms with Gasteiger partial charge in [-0.15, -0.1) is 0 Å². The molecular weight excluding hydrogens is 633 g/mol. The van der Waals surface area contributed by atoms with E-state index in [1.165, 1.54) is 71.1 Å². The first-order valence-electron chi connectivity index (χ1n) is 17.7. The van der Waals surface area contributed by atoms with Crippen LogP contribution in [-0.2, 0) is 0 Å². The number of rotatable bonds is 3. The number of hydrogen-bond acceptors (Lipinski definition) is 2. The molecule has 12 rings (SSSR count). The predicted octanol–water partition coefficient (Wildman–Crippen LogP) is 12.3. The summed E-state index contributed by atoms with van der Waals surface area (Å²) in [6.45, 7) is 0. The molecule has 0 saturated carbocycles. The highest BCUT2D eigenvalue weighted by atomic mass is 15.1. The first kappa shape index (κ1) is 27.7. The Morgan fingerprint density at radius 1 is 0.423 bits per heavy atom. The van der Waals surface area contributed by atoms with Gasteiger partial charge >= 0.3 is 0 Å². The lowest BCUT2D eigenvalue weighted by Crippen LogP contribution is -1.98.